The van der Waals surface area contributed by atoms with E-state index in [-0.39, 0.29) is 11.8 Å². The van der Waals surface area contributed by atoms with Crippen LogP contribution < -0.4 is 22.1 Å². The van der Waals surface area contributed by atoms with Gasteiger partial charge in [-0.15, -0.1) is 0 Å². The Morgan fingerprint density at radius 2 is 1.35 bits per heavy atom. The van der Waals surface area contributed by atoms with Gasteiger partial charge in [0.05, 0.1) is 0 Å². The van der Waals surface area contributed by atoms with Crippen LogP contribution in [-0.2, 0) is 9.59 Å². The van der Waals surface area contributed by atoms with Crippen LogP contribution in [0.1, 0.15) is 26.7 Å². The highest BCUT2D eigenvalue weighted by Gasteiger charge is 2.13. The Kier molecular flexibility index (Phi) is 10.9. The fourth-order valence-electron chi connectivity index (χ4n) is 1.72. The minimum Gasteiger partial charge on any atom is -0.355 e. The summed E-state index contributed by atoms with van der Waals surface area (Å²) in [6.45, 7) is 7.27. The highest BCUT2D eigenvalue weighted by molar-refractivity contribution is 5.76. The van der Waals surface area contributed by atoms with Crippen molar-refractivity contribution in [2.75, 3.05) is 39.3 Å². The lowest BCUT2D eigenvalue weighted by atomic mass is 10.2. The van der Waals surface area contributed by atoms with E-state index in [1.54, 1.807) is 0 Å². The van der Waals surface area contributed by atoms with E-state index in [1.807, 2.05) is 0 Å². The zero-order valence-electron chi connectivity index (χ0n) is 12.7. The number of carbonyl (C=O) groups is 2. The average molecular weight is 287 g/mol. The molecule has 0 radical (unpaired) electrons. The molecule has 0 spiro atoms. The second-order valence-corrected chi connectivity index (χ2v) is 4.91. The molecule has 0 unspecified atom stereocenters. The lowest BCUT2D eigenvalue weighted by Gasteiger charge is -2.25. The van der Waals surface area contributed by atoms with Crippen molar-refractivity contribution in [1.82, 2.24) is 15.5 Å². The minimum absolute atomic E-state index is 0.00585. The van der Waals surface area contributed by atoms with Crippen molar-refractivity contribution in [3.63, 3.8) is 0 Å². The highest BCUT2D eigenvalue weighted by Crippen LogP contribution is 2.01. The zero-order valence-corrected chi connectivity index (χ0v) is 12.7. The van der Waals surface area contributed by atoms with Crippen LogP contribution in [0.3, 0.4) is 0 Å². The van der Waals surface area contributed by atoms with Gasteiger partial charge in [-0.05, 0) is 13.8 Å². The van der Waals surface area contributed by atoms with Crippen LogP contribution in [-0.4, -0.2) is 62.0 Å². The van der Waals surface area contributed by atoms with Crippen LogP contribution in [0.2, 0.25) is 0 Å². The maximum Gasteiger partial charge on any atom is 0.221 e. The number of hydrogen-bond donors (Lipinski definition) is 4. The number of carbonyl (C=O) groups excluding carboxylic acids is 2. The molecule has 7 nitrogen and oxygen atoms in total. The Hall–Kier alpha value is -1.18. The molecule has 0 heterocycles. The van der Waals surface area contributed by atoms with Crippen LogP contribution in [0, 0.1) is 0 Å². The molecule has 0 rings (SSSR count). The molecule has 0 saturated carbocycles. The standard InChI is InChI=1S/C13H29N5O2/c1-11(2)18(9-3-12(19)16-7-5-14)10-4-13(20)17-8-6-15/h11H,3-10,14-15H2,1-2H3,(H,16,19)(H,17,20). The maximum absolute atomic E-state index is 11.5. The Balaban J connectivity index is 3.98. The molecule has 0 saturated heterocycles. The summed E-state index contributed by atoms with van der Waals surface area (Å²) < 4.78 is 0. The molecule has 0 bridgehead atoms. The van der Waals surface area contributed by atoms with Crippen molar-refractivity contribution in [2.45, 2.75) is 32.7 Å². The van der Waals surface area contributed by atoms with Gasteiger partial charge in [0.1, 0.15) is 0 Å². The van der Waals surface area contributed by atoms with Gasteiger partial charge in [-0.2, -0.15) is 0 Å². The third-order valence-electron chi connectivity index (χ3n) is 2.92. The first-order chi connectivity index (χ1) is 9.51. The second-order valence-electron chi connectivity index (χ2n) is 4.91. The summed E-state index contributed by atoms with van der Waals surface area (Å²) in [5, 5.41) is 5.47. The Bertz CT molecular complexity index is 260. The zero-order chi connectivity index (χ0) is 15.4. The van der Waals surface area contributed by atoms with E-state index < -0.39 is 0 Å². The van der Waals surface area contributed by atoms with Crippen LogP contribution in [0.15, 0.2) is 0 Å². The molecule has 20 heavy (non-hydrogen) atoms. The second kappa shape index (κ2) is 11.6. The normalized spacial score (nSPS) is 10.9. The molecular weight excluding hydrogens is 258 g/mol. The molecule has 0 aromatic rings. The number of nitrogens with two attached hydrogens (primary N) is 2. The summed E-state index contributed by atoms with van der Waals surface area (Å²) in [6, 6.07) is 0.291. The van der Waals surface area contributed by atoms with Gasteiger partial charge in [-0.3, -0.25) is 14.5 Å². The van der Waals surface area contributed by atoms with Crippen molar-refractivity contribution in [3.8, 4) is 0 Å². The van der Waals surface area contributed by atoms with Crippen molar-refractivity contribution in [2.24, 2.45) is 11.5 Å². The first-order valence-electron chi connectivity index (χ1n) is 7.18. The first kappa shape index (κ1) is 18.8. The van der Waals surface area contributed by atoms with E-state index in [0.29, 0.717) is 58.2 Å². The van der Waals surface area contributed by atoms with E-state index in [4.69, 9.17) is 11.5 Å². The molecule has 6 N–H and O–H groups in total. The molecule has 0 aliphatic rings. The average Bonchev–Trinajstić information content (AvgIpc) is 2.42. The third kappa shape index (κ3) is 9.71. The number of hydrogen-bond acceptors (Lipinski definition) is 5. The monoisotopic (exact) mass is 287 g/mol. The van der Waals surface area contributed by atoms with E-state index in [2.05, 4.69) is 29.4 Å². The van der Waals surface area contributed by atoms with Gasteiger partial charge in [-0.1, -0.05) is 0 Å². The molecule has 7 heteroatoms. The Morgan fingerprint density at radius 1 is 0.950 bits per heavy atom. The van der Waals surface area contributed by atoms with E-state index in [0.717, 1.165) is 0 Å². The van der Waals surface area contributed by atoms with Gasteiger partial charge in [0.15, 0.2) is 0 Å². The van der Waals surface area contributed by atoms with Crippen molar-refractivity contribution >= 4 is 11.8 Å². The number of nitrogens with zero attached hydrogens (tertiary/aromatic N) is 1. The molecule has 0 aliphatic carbocycles. The first-order valence-corrected chi connectivity index (χ1v) is 7.18. The lowest BCUT2D eigenvalue weighted by Crippen LogP contribution is -2.39. The number of rotatable bonds is 11. The van der Waals surface area contributed by atoms with Crippen LogP contribution in [0.4, 0.5) is 0 Å². The fourth-order valence-corrected chi connectivity index (χ4v) is 1.72. The molecule has 0 aromatic heterocycles. The summed E-state index contributed by atoms with van der Waals surface area (Å²) >= 11 is 0. The smallest absolute Gasteiger partial charge is 0.221 e. The summed E-state index contributed by atoms with van der Waals surface area (Å²) in [5.74, 6) is -0.0117. The van der Waals surface area contributed by atoms with E-state index in [1.165, 1.54) is 0 Å². The van der Waals surface area contributed by atoms with Crippen LogP contribution in [0.25, 0.3) is 0 Å². The van der Waals surface area contributed by atoms with E-state index >= 15 is 0 Å². The van der Waals surface area contributed by atoms with Gasteiger partial charge in [0.2, 0.25) is 11.8 Å². The molecule has 0 fully saturated rings. The molecule has 0 aromatic carbocycles. The van der Waals surface area contributed by atoms with Crippen LogP contribution >= 0.6 is 0 Å². The van der Waals surface area contributed by atoms with Gasteiger partial charge in [-0.25, -0.2) is 0 Å². The summed E-state index contributed by atoms with van der Waals surface area (Å²) in [6.07, 6.45) is 0.838. The third-order valence-corrected chi connectivity index (χ3v) is 2.92. The van der Waals surface area contributed by atoms with Gasteiger partial charge < -0.3 is 22.1 Å². The molecule has 0 aliphatic heterocycles. The Morgan fingerprint density at radius 3 is 1.65 bits per heavy atom. The predicted octanol–water partition coefficient (Wildman–Crippen LogP) is -1.37. The summed E-state index contributed by atoms with van der Waals surface area (Å²) in [5.41, 5.74) is 10.6. The molecule has 0 atom stereocenters. The number of amides is 2. The van der Waals surface area contributed by atoms with Crippen LogP contribution in [0.5, 0.6) is 0 Å². The molecule has 118 valence electrons. The topological polar surface area (TPSA) is 113 Å². The summed E-state index contributed by atoms with van der Waals surface area (Å²) in [7, 11) is 0. The highest BCUT2D eigenvalue weighted by atomic mass is 16.2. The van der Waals surface area contributed by atoms with Crippen molar-refractivity contribution < 1.29 is 9.59 Å². The minimum atomic E-state index is -0.00585. The summed E-state index contributed by atoms with van der Waals surface area (Å²) in [4.78, 5) is 25.2. The van der Waals surface area contributed by atoms with Gasteiger partial charge in [0, 0.05) is 58.2 Å². The molecular formula is C13H29N5O2. The van der Waals surface area contributed by atoms with Crippen molar-refractivity contribution in [1.29, 1.82) is 0 Å². The predicted molar refractivity (Wildman–Crippen MR) is 80.1 cm³/mol. The molecule has 2 amide bonds. The lowest BCUT2D eigenvalue weighted by molar-refractivity contribution is -0.121. The maximum atomic E-state index is 11.5. The Labute approximate surface area is 121 Å². The van der Waals surface area contributed by atoms with E-state index in [9.17, 15) is 9.59 Å². The fraction of sp³-hybridized carbons (Fsp3) is 0.846. The number of nitrogens with one attached hydrogen (secondary N) is 2. The largest absolute Gasteiger partial charge is 0.355 e. The van der Waals surface area contributed by atoms with Gasteiger partial charge >= 0.3 is 0 Å². The quantitative estimate of drug-likeness (QED) is 0.374. The SMILES string of the molecule is CC(C)N(CCC(=O)NCCN)CCC(=O)NCCN. The van der Waals surface area contributed by atoms with Gasteiger partial charge in [0.25, 0.3) is 0 Å². The van der Waals surface area contributed by atoms with Crippen molar-refractivity contribution in [3.05, 3.63) is 0 Å².